The molecule has 0 amide bonds. The molecule has 1 aromatic carbocycles. The topological polar surface area (TPSA) is 68.7 Å². The van der Waals surface area contributed by atoms with Crippen LogP contribution in [0.2, 0.25) is 10.0 Å². The van der Waals surface area contributed by atoms with Gasteiger partial charge in [-0.05, 0) is 44.0 Å². The summed E-state index contributed by atoms with van der Waals surface area (Å²) in [6.07, 6.45) is 2.76. The van der Waals surface area contributed by atoms with E-state index in [2.05, 4.69) is 4.98 Å². The third kappa shape index (κ3) is 5.21. The highest BCUT2D eigenvalue weighted by Gasteiger charge is 2.29. The molecule has 0 bridgehead atoms. The number of nitrogens with zero attached hydrogens (tertiary/aromatic N) is 2. The molecule has 0 aliphatic carbocycles. The molecule has 30 heavy (non-hydrogen) atoms. The van der Waals surface area contributed by atoms with E-state index >= 15 is 0 Å². The molecule has 2 heterocycles. The Bertz CT molecular complexity index is 941. The number of carbonyl (C=O) groups excluding carboxylic acids is 2. The van der Waals surface area contributed by atoms with Crippen LogP contribution < -0.4 is 9.64 Å². The molecule has 1 atom stereocenters. The van der Waals surface area contributed by atoms with Crippen LogP contribution in [0.4, 0.5) is 10.1 Å². The molecular formula is C21H21Cl2FN2O4. The fourth-order valence-electron chi connectivity index (χ4n) is 3.39. The van der Waals surface area contributed by atoms with Gasteiger partial charge < -0.3 is 14.4 Å². The van der Waals surface area contributed by atoms with Crippen LogP contribution in [0.3, 0.4) is 0 Å². The summed E-state index contributed by atoms with van der Waals surface area (Å²) in [5.74, 6) is -1.77. The summed E-state index contributed by atoms with van der Waals surface area (Å²) in [6, 6.07) is 5.84. The maximum atomic E-state index is 14.7. The summed E-state index contributed by atoms with van der Waals surface area (Å²) in [5.41, 5.74) is 0.240. The summed E-state index contributed by atoms with van der Waals surface area (Å²) in [5, 5.41) is 0.641. The Morgan fingerprint density at radius 1 is 1.30 bits per heavy atom. The molecular weight excluding hydrogens is 434 g/mol. The van der Waals surface area contributed by atoms with Crippen molar-refractivity contribution in [1.82, 2.24) is 4.98 Å². The third-order valence-electron chi connectivity index (χ3n) is 4.77. The minimum atomic E-state index is -0.733. The number of carbonyl (C=O) groups is 2. The molecule has 0 N–H and O–H groups in total. The number of hydrogen-bond donors (Lipinski definition) is 0. The number of benzene rings is 1. The Morgan fingerprint density at radius 2 is 2.10 bits per heavy atom. The molecule has 1 fully saturated rings. The number of rotatable bonds is 8. The summed E-state index contributed by atoms with van der Waals surface area (Å²) in [4.78, 5) is 29.8. The van der Waals surface area contributed by atoms with Crippen molar-refractivity contribution >= 4 is 40.6 Å². The molecule has 1 aromatic heterocycles. The number of pyridine rings is 1. The molecule has 1 aliphatic rings. The Hall–Kier alpha value is -2.38. The van der Waals surface area contributed by atoms with Crippen molar-refractivity contribution in [2.45, 2.75) is 32.2 Å². The van der Waals surface area contributed by atoms with E-state index < -0.39 is 24.0 Å². The fourth-order valence-corrected chi connectivity index (χ4v) is 3.84. The SMILES string of the molecule is CCOC(=O)CC(=O)c1cc(Cl)c(N2CCCC2COc2ncccc2Cl)cc1F. The Labute approximate surface area is 183 Å². The van der Waals surface area contributed by atoms with Gasteiger partial charge in [-0.3, -0.25) is 9.59 Å². The molecule has 0 spiro atoms. The fraction of sp³-hybridized carbons (Fsp3) is 0.381. The van der Waals surface area contributed by atoms with Crippen molar-refractivity contribution < 1.29 is 23.5 Å². The van der Waals surface area contributed by atoms with Crippen LogP contribution in [-0.4, -0.2) is 42.5 Å². The van der Waals surface area contributed by atoms with Crippen LogP contribution in [0.15, 0.2) is 30.5 Å². The largest absolute Gasteiger partial charge is 0.474 e. The van der Waals surface area contributed by atoms with E-state index in [-0.39, 0.29) is 23.2 Å². The monoisotopic (exact) mass is 454 g/mol. The maximum absolute atomic E-state index is 14.7. The van der Waals surface area contributed by atoms with Gasteiger partial charge in [0.05, 0.1) is 28.9 Å². The molecule has 0 radical (unpaired) electrons. The zero-order chi connectivity index (χ0) is 21.7. The number of esters is 1. The van der Waals surface area contributed by atoms with Crippen molar-refractivity contribution in [2.75, 3.05) is 24.7 Å². The van der Waals surface area contributed by atoms with E-state index in [0.29, 0.717) is 29.7 Å². The van der Waals surface area contributed by atoms with Crippen LogP contribution >= 0.6 is 23.2 Å². The highest BCUT2D eigenvalue weighted by molar-refractivity contribution is 6.33. The smallest absolute Gasteiger partial charge is 0.313 e. The Balaban J connectivity index is 1.74. The summed E-state index contributed by atoms with van der Waals surface area (Å²) in [7, 11) is 0. The van der Waals surface area contributed by atoms with E-state index in [4.69, 9.17) is 32.7 Å². The van der Waals surface area contributed by atoms with Crippen molar-refractivity contribution in [3.8, 4) is 5.88 Å². The minimum absolute atomic E-state index is 0.0546. The second kappa shape index (κ2) is 10.1. The quantitative estimate of drug-likeness (QED) is 0.326. The van der Waals surface area contributed by atoms with Crippen molar-refractivity contribution in [3.63, 3.8) is 0 Å². The average molecular weight is 455 g/mol. The zero-order valence-electron chi connectivity index (χ0n) is 16.4. The predicted molar refractivity (Wildman–Crippen MR) is 112 cm³/mol. The average Bonchev–Trinajstić information content (AvgIpc) is 3.17. The van der Waals surface area contributed by atoms with Crippen LogP contribution in [0.25, 0.3) is 0 Å². The van der Waals surface area contributed by atoms with E-state index in [1.165, 1.54) is 12.1 Å². The standard InChI is InChI=1S/C21H21Cl2FN2O4/c1-2-29-20(28)11-19(27)14-9-16(23)18(10-17(14)24)26-8-4-5-13(26)12-30-21-15(22)6-3-7-25-21/h3,6-7,9-10,13H,2,4-5,8,11-12H2,1H3. The van der Waals surface area contributed by atoms with E-state index in [9.17, 15) is 14.0 Å². The number of anilines is 1. The first-order valence-electron chi connectivity index (χ1n) is 9.58. The first-order chi connectivity index (χ1) is 14.4. The summed E-state index contributed by atoms with van der Waals surface area (Å²) < 4.78 is 25.2. The molecule has 1 saturated heterocycles. The Morgan fingerprint density at radius 3 is 2.83 bits per heavy atom. The minimum Gasteiger partial charge on any atom is -0.474 e. The van der Waals surface area contributed by atoms with Crippen LogP contribution in [-0.2, 0) is 9.53 Å². The molecule has 3 rings (SSSR count). The van der Waals surface area contributed by atoms with Gasteiger partial charge >= 0.3 is 5.97 Å². The molecule has 0 saturated carbocycles. The number of aromatic nitrogens is 1. The normalized spacial score (nSPS) is 15.9. The van der Waals surface area contributed by atoms with Gasteiger partial charge in [0, 0.05) is 12.7 Å². The predicted octanol–water partition coefficient (Wildman–Crippen LogP) is 4.71. The van der Waals surface area contributed by atoms with Gasteiger partial charge in [0.1, 0.15) is 23.9 Å². The van der Waals surface area contributed by atoms with Crippen molar-refractivity contribution in [2.24, 2.45) is 0 Å². The number of Topliss-reactive ketones (excluding diaryl/α,β-unsaturated/α-hetero) is 1. The zero-order valence-corrected chi connectivity index (χ0v) is 17.9. The molecule has 6 nitrogen and oxygen atoms in total. The molecule has 1 aliphatic heterocycles. The lowest BCUT2D eigenvalue weighted by Crippen LogP contribution is -2.34. The van der Waals surface area contributed by atoms with Gasteiger partial charge in [0.15, 0.2) is 5.78 Å². The lowest BCUT2D eigenvalue weighted by Gasteiger charge is -2.28. The molecule has 9 heteroatoms. The first kappa shape index (κ1) is 22.3. The van der Waals surface area contributed by atoms with Crippen molar-refractivity contribution in [1.29, 1.82) is 0 Å². The maximum Gasteiger partial charge on any atom is 0.313 e. The van der Waals surface area contributed by atoms with Gasteiger partial charge in [0.25, 0.3) is 0 Å². The highest BCUT2D eigenvalue weighted by Crippen LogP contribution is 2.34. The number of hydrogen-bond acceptors (Lipinski definition) is 6. The number of ketones is 1. The Kier molecular flexibility index (Phi) is 7.50. The number of halogens is 3. The third-order valence-corrected chi connectivity index (χ3v) is 5.36. The van der Waals surface area contributed by atoms with Gasteiger partial charge in [0.2, 0.25) is 5.88 Å². The van der Waals surface area contributed by atoms with Gasteiger partial charge in [-0.2, -0.15) is 0 Å². The van der Waals surface area contributed by atoms with E-state index in [1.807, 2.05) is 4.90 Å². The van der Waals surface area contributed by atoms with Gasteiger partial charge in [-0.1, -0.05) is 23.2 Å². The van der Waals surface area contributed by atoms with E-state index in [0.717, 1.165) is 12.8 Å². The summed E-state index contributed by atoms with van der Waals surface area (Å²) in [6.45, 7) is 2.75. The van der Waals surface area contributed by atoms with Crippen LogP contribution in [0.1, 0.15) is 36.5 Å². The highest BCUT2D eigenvalue weighted by atomic mass is 35.5. The van der Waals surface area contributed by atoms with Crippen LogP contribution in [0, 0.1) is 5.82 Å². The summed E-state index contributed by atoms with van der Waals surface area (Å²) >= 11 is 12.5. The van der Waals surface area contributed by atoms with E-state index in [1.54, 1.807) is 25.3 Å². The first-order valence-corrected chi connectivity index (χ1v) is 10.3. The number of ether oxygens (including phenoxy) is 2. The molecule has 160 valence electrons. The van der Waals surface area contributed by atoms with Crippen LogP contribution in [0.5, 0.6) is 5.88 Å². The molecule has 2 aromatic rings. The second-order valence-corrected chi connectivity index (χ2v) is 7.59. The lowest BCUT2D eigenvalue weighted by molar-refractivity contribution is -0.141. The van der Waals surface area contributed by atoms with Crippen molar-refractivity contribution in [3.05, 3.63) is 51.9 Å². The van der Waals surface area contributed by atoms with Gasteiger partial charge in [-0.15, -0.1) is 0 Å². The second-order valence-electron chi connectivity index (χ2n) is 6.78. The lowest BCUT2D eigenvalue weighted by atomic mass is 10.1. The molecule has 1 unspecified atom stereocenters. The van der Waals surface area contributed by atoms with Gasteiger partial charge in [-0.25, -0.2) is 9.37 Å².